The summed E-state index contributed by atoms with van der Waals surface area (Å²) in [6, 6.07) is 0.708. The smallest absolute Gasteiger partial charge is 0.300 e. The summed E-state index contributed by atoms with van der Waals surface area (Å²) in [5.74, 6) is 0.131. The molecule has 1 heterocycles. The van der Waals surface area contributed by atoms with E-state index in [2.05, 4.69) is 0 Å². The number of sulfonamides is 1. The molecule has 2 rings (SSSR count). The van der Waals surface area contributed by atoms with Crippen molar-refractivity contribution in [1.82, 2.24) is 4.31 Å². The molecule has 0 bridgehead atoms. The lowest BCUT2D eigenvalue weighted by Gasteiger charge is -2.29. The Morgan fingerprint density at radius 1 is 1.43 bits per heavy atom. The maximum Gasteiger partial charge on any atom is 0.300 e. The topological polar surface area (TPSA) is 97.6 Å². The van der Waals surface area contributed by atoms with Gasteiger partial charge in [-0.1, -0.05) is 11.6 Å². The maximum atomic E-state index is 12.5. The number of hydrogen-bond donors (Lipinski definition) is 0. The molecule has 21 heavy (non-hydrogen) atoms. The molecule has 0 aliphatic heterocycles. The van der Waals surface area contributed by atoms with Crippen molar-refractivity contribution in [2.45, 2.75) is 35.9 Å². The highest BCUT2D eigenvalue weighted by Crippen LogP contribution is 2.38. The van der Waals surface area contributed by atoms with Gasteiger partial charge in [-0.25, -0.2) is 8.42 Å². The maximum absolute atomic E-state index is 12.5. The minimum Gasteiger partial charge on any atom is -0.300 e. The Hall–Kier alpha value is -1.03. The molecule has 1 aliphatic rings. The van der Waals surface area contributed by atoms with Crippen molar-refractivity contribution in [3.8, 4) is 0 Å². The third-order valence-corrected chi connectivity index (χ3v) is 7.20. The molecule has 116 valence electrons. The minimum absolute atomic E-state index is 0.131. The second kappa shape index (κ2) is 5.99. The highest BCUT2D eigenvalue weighted by atomic mass is 35.5. The Bertz CT molecular complexity index is 675. The summed E-state index contributed by atoms with van der Waals surface area (Å²) in [4.78, 5) is 21.3. The lowest BCUT2D eigenvalue weighted by atomic mass is 9.95. The molecule has 0 radical (unpaired) electrons. The van der Waals surface area contributed by atoms with Crippen LogP contribution in [-0.4, -0.2) is 36.5 Å². The first-order valence-corrected chi connectivity index (χ1v) is 8.80. The lowest BCUT2D eigenvalue weighted by Crippen LogP contribution is -2.39. The third kappa shape index (κ3) is 3.25. The van der Waals surface area contributed by atoms with Gasteiger partial charge in [-0.2, -0.15) is 4.31 Å². The number of rotatable bonds is 4. The van der Waals surface area contributed by atoms with Gasteiger partial charge in [0.05, 0.1) is 4.92 Å². The molecule has 0 unspecified atom stereocenters. The van der Waals surface area contributed by atoms with Crippen LogP contribution in [0.5, 0.6) is 0 Å². The van der Waals surface area contributed by atoms with E-state index in [1.807, 2.05) is 0 Å². The molecule has 1 saturated carbocycles. The van der Waals surface area contributed by atoms with Crippen molar-refractivity contribution in [1.29, 1.82) is 0 Å². The van der Waals surface area contributed by atoms with Crippen molar-refractivity contribution >= 4 is 44.4 Å². The van der Waals surface area contributed by atoms with Crippen molar-refractivity contribution in [3.05, 3.63) is 20.5 Å². The Labute approximate surface area is 130 Å². The largest absolute Gasteiger partial charge is 0.300 e. The molecule has 1 aliphatic carbocycles. The van der Waals surface area contributed by atoms with Gasteiger partial charge in [-0.05, 0) is 12.8 Å². The van der Waals surface area contributed by atoms with Crippen molar-refractivity contribution in [2.24, 2.45) is 0 Å². The quantitative estimate of drug-likeness (QED) is 0.612. The lowest BCUT2D eigenvalue weighted by molar-refractivity contribution is -0.384. The zero-order valence-electron chi connectivity index (χ0n) is 11.1. The van der Waals surface area contributed by atoms with E-state index in [-0.39, 0.29) is 20.4 Å². The number of ketones is 1. The van der Waals surface area contributed by atoms with Crippen LogP contribution in [0.15, 0.2) is 10.3 Å². The predicted molar refractivity (Wildman–Crippen MR) is 78.2 cm³/mol. The van der Waals surface area contributed by atoms with Crippen LogP contribution < -0.4 is 0 Å². The second-order valence-electron chi connectivity index (χ2n) is 4.77. The fourth-order valence-electron chi connectivity index (χ4n) is 2.22. The summed E-state index contributed by atoms with van der Waals surface area (Å²) in [6.07, 6.45) is 1.65. The van der Waals surface area contributed by atoms with Gasteiger partial charge in [0.25, 0.3) is 15.7 Å². The number of nitrogens with zero attached hydrogens (tertiary/aromatic N) is 2. The van der Waals surface area contributed by atoms with Crippen LogP contribution >= 0.6 is 22.9 Å². The molecule has 10 heteroatoms. The molecule has 0 aromatic carbocycles. The van der Waals surface area contributed by atoms with Crippen LogP contribution in [-0.2, 0) is 14.8 Å². The first-order valence-electron chi connectivity index (χ1n) is 6.17. The zero-order chi connectivity index (χ0) is 15.8. The van der Waals surface area contributed by atoms with Crippen LogP contribution in [0.3, 0.4) is 0 Å². The number of nitro groups is 1. The van der Waals surface area contributed by atoms with E-state index >= 15 is 0 Å². The standard InChI is InChI=1S/C11H13ClN2O5S2/c1-13(7-2-4-8(15)5-3-7)21(18,19)10-6-9(14(16)17)11(12)20-10/h6-7H,2-5H2,1H3. The summed E-state index contributed by atoms with van der Waals surface area (Å²) in [7, 11) is -2.41. The van der Waals surface area contributed by atoms with Gasteiger partial charge < -0.3 is 0 Å². The van der Waals surface area contributed by atoms with Gasteiger partial charge in [-0.3, -0.25) is 14.9 Å². The first-order chi connectivity index (χ1) is 9.73. The molecule has 1 aromatic rings. The average molecular weight is 353 g/mol. The highest BCUT2D eigenvalue weighted by Gasteiger charge is 2.34. The predicted octanol–water partition coefficient (Wildman–Crippen LogP) is 2.44. The van der Waals surface area contributed by atoms with Gasteiger partial charge in [0.1, 0.15) is 9.99 Å². The molecule has 0 amide bonds. The summed E-state index contributed by atoms with van der Waals surface area (Å²) >= 11 is 6.37. The van der Waals surface area contributed by atoms with E-state index in [0.717, 1.165) is 6.07 Å². The second-order valence-corrected chi connectivity index (χ2v) is 8.65. The average Bonchev–Trinajstić information content (AvgIpc) is 2.82. The molecule has 0 atom stereocenters. The molecular formula is C11H13ClN2O5S2. The zero-order valence-corrected chi connectivity index (χ0v) is 13.5. The highest BCUT2D eigenvalue weighted by molar-refractivity contribution is 7.91. The molecule has 7 nitrogen and oxygen atoms in total. The van der Waals surface area contributed by atoms with Crippen LogP contribution in [0.4, 0.5) is 5.69 Å². The SMILES string of the molecule is CN(C1CCC(=O)CC1)S(=O)(=O)c1cc([N+](=O)[O-])c(Cl)s1. The number of carbonyl (C=O) groups is 1. The van der Waals surface area contributed by atoms with Crippen LogP contribution in [0.25, 0.3) is 0 Å². The number of thiophene rings is 1. The van der Waals surface area contributed by atoms with Crippen molar-refractivity contribution in [2.75, 3.05) is 7.05 Å². The van der Waals surface area contributed by atoms with E-state index < -0.39 is 20.6 Å². The van der Waals surface area contributed by atoms with Gasteiger partial charge in [0.15, 0.2) is 4.34 Å². The molecular weight excluding hydrogens is 340 g/mol. The Balaban J connectivity index is 2.27. The third-order valence-electron chi connectivity index (χ3n) is 3.50. The number of carbonyl (C=O) groups excluding carboxylic acids is 1. The monoisotopic (exact) mass is 352 g/mol. The molecule has 0 saturated heterocycles. The normalized spacial score (nSPS) is 17.4. The van der Waals surface area contributed by atoms with Crippen LogP contribution in [0, 0.1) is 10.1 Å². The summed E-state index contributed by atoms with van der Waals surface area (Å²) in [5.41, 5.74) is -0.410. The van der Waals surface area contributed by atoms with E-state index in [0.29, 0.717) is 37.0 Å². The van der Waals surface area contributed by atoms with Gasteiger partial charge in [-0.15, -0.1) is 11.3 Å². The Morgan fingerprint density at radius 2 is 2.00 bits per heavy atom. The van der Waals surface area contributed by atoms with Crippen LogP contribution in [0.2, 0.25) is 4.34 Å². The number of Topliss-reactive ketones (excluding diaryl/α,β-unsaturated/α-hetero) is 1. The molecule has 1 aromatic heterocycles. The van der Waals surface area contributed by atoms with Crippen molar-refractivity contribution < 1.29 is 18.1 Å². The summed E-state index contributed by atoms with van der Waals surface area (Å²) in [6.45, 7) is 0. The van der Waals surface area contributed by atoms with Gasteiger partial charge in [0, 0.05) is 32.0 Å². The van der Waals surface area contributed by atoms with Gasteiger partial charge >= 0.3 is 0 Å². The Kier molecular flexibility index (Phi) is 4.66. The van der Waals surface area contributed by atoms with Crippen LogP contribution in [0.1, 0.15) is 25.7 Å². The fourth-order valence-corrected chi connectivity index (χ4v) is 5.48. The Morgan fingerprint density at radius 3 is 2.48 bits per heavy atom. The minimum atomic E-state index is -3.84. The number of hydrogen-bond acceptors (Lipinski definition) is 6. The molecule has 0 N–H and O–H groups in total. The van der Waals surface area contributed by atoms with Gasteiger partial charge in [0.2, 0.25) is 0 Å². The fraction of sp³-hybridized carbons (Fsp3) is 0.545. The molecule has 1 fully saturated rings. The van der Waals surface area contributed by atoms with E-state index in [1.54, 1.807) is 0 Å². The van der Waals surface area contributed by atoms with E-state index in [1.165, 1.54) is 11.4 Å². The summed E-state index contributed by atoms with van der Waals surface area (Å²) in [5, 5.41) is 10.8. The molecule has 0 spiro atoms. The van der Waals surface area contributed by atoms with E-state index in [9.17, 15) is 23.3 Å². The summed E-state index contributed by atoms with van der Waals surface area (Å²) < 4.78 is 25.8. The first kappa shape index (κ1) is 16.3. The number of halogens is 1. The van der Waals surface area contributed by atoms with E-state index in [4.69, 9.17) is 11.6 Å². The van der Waals surface area contributed by atoms with Crippen molar-refractivity contribution in [3.63, 3.8) is 0 Å².